The molecule has 10 aromatic rings. The van der Waals surface area contributed by atoms with E-state index in [2.05, 4.69) is 245 Å². The van der Waals surface area contributed by atoms with Crippen LogP contribution < -0.4 is 4.90 Å². The van der Waals surface area contributed by atoms with Gasteiger partial charge in [-0.25, -0.2) is 0 Å². The van der Waals surface area contributed by atoms with Crippen LogP contribution in [0.5, 0.6) is 0 Å². The van der Waals surface area contributed by atoms with Gasteiger partial charge in [0.25, 0.3) is 0 Å². The maximum absolute atomic E-state index is 2.57. The number of anilines is 3. The van der Waals surface area contributed by atoms with Crippen LogP contribution in [0.1, 0.15) is 72.2 Å². The van der Waals surface area contributed by atoms with Gasteiger partial charge in [-0.1, -0.05) is 204 Å². The number of hydrogen-bond donors (Lipinski definition) is 0. The van der Waals surface area contributed by atoms with Crippen LogP contribution in [-0.2, 0) is 16.2 Å². The molecule has 1 spiro atoms. The average Bonchev–Trinajstić information content (AvgIpc) is 4.00. The molecule has 66 heavy (non-hydrogen) atoms. The Morgan fingerprint density at radius 2 is 0.818 bits per heavy atom. The fourth-order valence-electron chi connectivity index (χ4n) is 13.1. The molecule has 1 unspecified atom stereocenters. The van der Waals surface area contributed by atoms with Crippen LogP contribution in [0.4, 0.5) is 17.1 Å². The largest absolute Gasteiger partial charge is 0.310 e. The highest BCUT2D eigenvalue weighted by atomic mass is 15.1. The van der Waals surface area contributed by atoms with E-state index in [0.29, 0.717) is 0 Å². The third-order valence-electron chi connectivity index (χ3n) is 16.1. The molecule has 0 aliphatic heterocycles. The summed E-state index contributed by atoms with van der Waals surface area (Å²) in [7, 11) is 0. The molecule has 4 aliphatic rings. The monoisotopic (exact) mass is 841 g/mol. The van der Waals surface area contributed by atoms with E-state index in [4.69, 9.17) is 0 Å². The first kappa shape index (κ1) is 37.6. The SMILES string of the molecule is CC1(C)c2ccccc2-c2ccc(-c3ccc(N(c4ccc5c(c4)C(C)(C)c4ccccc4-5)c4cccc5c4C4(c6ccccc6-5)c5ccccc5-c5c4ccc4ccccc54)cc3)cc21. The Morgan fingerprint density at radius 1 is 0.318 bits per heavy atom. The molecule has 312 valence electrons. The van der Waals surface area contributed by atoms with Gasteiger partial charge in [0.05, 0.1) is 11.1 Å². The molecule has 4 aliphatic carbocycles. The number of nitrogens with zero attached hydrogens (tertiary/aromatic N) is 1. The van der Waals surface area contributed by atoms with Crippen LogP contribution in [0.3, 0.4) is 0 Å². The molecular weight excluding hydrogens is 795 g/mol. The molecule has 1 atom stereocenters. The molecule has 1 heteroatoms. The van der Waals surface area contributed by atoms with Crippen LogP contribution in [-0.4, -0.2) is 0 Å². The fourth-order valence-corrected chi connectivity index (χ4v) is 13.1. The number of hydrogen-bond acceptors (Lipinski definition) is 1. The second kappa shape index (κ2) is 13.2. The molecule has 0 fully saturated rings. The quantitative estimate of drug-likeness (QED) is 0.171. The number of fused-ring (bicyclic) bond motifs is 18. The summed E-state index contributed by atoms with van der Waals surface area (Å²) >= 11 is 0. The van der Waals surface area contributed by atoms with Gasteiger partial charge in [-0.3, -0.25) is 0 Å². The minimum absolute atomic E-state index is 0.0648. The van der Waals surface area contributed by atoms with Crippen LogP contribution >= 0.6 is 0 Å². The van der Waals surface area contributed by atoms with Gasteiger partial charge >= 0.3 is 0 Å². The Labute approximate surface area is 387 Å². The molecule has 0 saturated carbocycles. The van der Waals surface area contributed by atoms with Crippen LogP contribution in [0, 0.1) is 0 Å². The lowest BCUT2D eigenvalue weighted by Crippen LogP contribution is -2.28. The van der Waals surface area contributed by atoms with Crippen molar-refractivity contribution in [2.45, 2.75) is 43.9 Å². The smallest absolute Gasteiger partial charge is 0.0746 e. The lowest BCUT2D eigenvalue weighted by molar-refractivity contribution is 0.660. The van der Waals surface area contributed by atoms with E-state index < -0.39 is 5.41 Å². The van der Waals surface area contributed by atoms with E-state index >= 15 is 0 Å². The number of benzene rings is 10. The summed E-state index contributed by atoms with van der Waals surface area (Å²) in [5.74, 6) is 0. The third kappa shape index (κ3) is 4.75. The highest BCUT2D eigenvalue weighted by molar-refractivity contribution is 6.07. The van der Waals surface area contributed by atoms with Crippen LogP contribution in [0.25, 0.3) is 66.4 Å². The molecule has 0 radical (unpaired) electrons. The molecular formula is C65H47N. The van der Waals surface area contributed by atoms with E-state index in [0.717, 1.165) is 11.4 Å². The van der Waals surface area contributed by atoms with Gasteiger partial charge in [-0.15, -0.1) is 0 Å². The average molecular weight is 842 g/mol. The molecule has 10 aromatic carbocycles. The summed E-state index contributed by atoms with van der Waals surface area (Å²) in [6.07, 6.45) is 0. The number of rotatable bonds is 4. The van der Waals surface area contributed by atoms with Crippen molar-refractivity contribution in [2.24, 2.45) is 0 Å². The van der Waals surface area contributed by atoms with Crippen molar-refractivity contribution < 1.29 is 0 Å². The molecule has 0 N–H and O–H groups in total. The van der Waals surface area contributed by atoms with E-state index in [1.165, 1.54) is 117 Å². The summed E-state index contributed by atoms with van der Waals surface area (Å²) < 4.78 is 0. The van der Waals surface area contributed by atoms with E-state index in [1.807, 2.05) is 0 Å². The maximum atomic E-state index is 2.57. The summed E-state index contributed by atoms with van der Waals surface area (Å²) in [5.41, 5.74) is 26.7. The molecule has 0 bridgehead atoms. The first-order valence-corrected chi connectivity index (χ1v) is 23.5. The predicted octanol–water partition coefficient (Wildman–Crippen LogP) is 16.9. The summed E-state index contributed by atoms with van der Waals surface area (Å²) in [6.45, 7) is 9.51. The second-order valence-corrected chi connectivity index (χ2v) is 20.0. The van der Waals surface area contributed by atoms with Crippen molar-refractivity contribution in [1.29, 1.82) is 0 Å². The minimum atomic E-state index is -0.544. The van der Waals surface area contributed by atoms with E-state index in [1.54, 1.807) is 0 Å². The molecule has 1 nitrogen and oxygen atoms in total. The van der Waals surface area contributed by atoms with Gasteiger partial charge in [0.1, 0.15) is 0 Å². The van der Waals surface area contributed by atoms with Crippen molar-refractivity contribution >= 4 is 27.8 Å². The lowest BCUT2D eigenvalue weighted by atomic mass is 9.69. The maximum Gasteiger partial charge on any atom is 0.0746 e. The first-order chi connectivity index (χ1) is 32.3. The highest BCUT2D eigenvalue weighted by Crippen LogP contribution is 2.66. The van der Waals surface area contributed by atoms with Gasteiger partial charge in [-0.2, -0.15) is 0 Å². The third-order valence-corrected chi connectivity index (χ3v) is 16.1. The zero-order valence-electron chi connectivity index (χ0n) is 37.7. The zero-order valence-corrected chi connectivity index (χ0v) is 37.7. The summed E-state index contributed by atoms with van der Waals surface area (Å²) in [6, 6.07) is 80.8. The van der Waals surface area contributed by atoms with Crippen LogP contribution in [0.2, 0.25) is 0 Å². The van der Waals surface area contributed by atoms with Crippen molar-refractivity contribution in [3.63, 3.8) is 0 Å². The lowest BCUT2D eigenvalue weighted by Gasteiger charge is -2.36. The van der Waals surface area contributed by atoms with Gasteiger partial charge in [0, 0.05) is 27.8 Å². The van der Waals surface area contributed by atoms with E-state index in [-0.39, 0.29) is 10.8 Å². The highest BCUT2D eigenvalue weighted by Gasteiger charge is 2.54. The Bertz CT molecular complexity index is 3710. The first-order valence-electron chi connectivity index (χ1n) is 23.5. The Balaban J connectivity index is 1.01. The predicted molar refractivity (Wildman–Crippen MR) is 275 cm³/mol. The molecule has 0 aromatic heterocycles. The van der Waals surface area contributed by atoms with Crippen LogP contribution in [0.15, 0.2) is 212 Å². The van der Waals surface area contributed by atoms with Crippen molar-refractivity contribution in [1.82, 2.24) is 0 Å². The van der Waals surface area contributed by atoms with Gasteiger partial charge in [0.2, 0.25) is 0 Å². The normalized spacial score (nSPS) is 16.8. The summed E-state index contributed by atoms with van der Waals surface area (Å²) in [5, 5.41) is 2.57. The van der Waals surface area contributed by atoms with Crippen molar-refractivity contribution in [2.75, 3.05) is 4.90 Å². The van der Waals surface area contributed by atoms with Gasteiger partial charge in [0.15, 0.2) is 0 Å². The zero-order chi connectivity index (χ0) is 44.1. The minimum Gasteiger partial charge on any atom is -0.310 e. The van der Waals surface area contributed by atoms with Crippen molar-refractivity contribution in [3.05, 3.63) is 257 Å². The van der Waals surface area contributed by atoms with Gasteiger partial charge < -0.3 is 4.90 Å². The standard InChI is InChI=1S/C65H47N/c1-63(2)53-23-11-7-18-46(53)49-35-30-42(38-58(49)63)40-28-32-43(33-29-40)66(44-34-36-50-47-19-8-12-24-54(47)64(3,4)59(50)39-44)60-27-15-22-51-48-20-9-13-25-55(48)65(62(51)60)56-26-14-10-21-52(56)61-45-17-6-5-16-41(45)31-37-57(61)65/h5-39H,1-4H3. The van der Waals surface area contributed by atoms with Crippen molar-refractivity contribution in [3.8, 4) is 55.6 Å². The molecule has 0 amide bonds. The molecule has 0 heterocycles. The Morgan fingerprint density at radius 3 is 1.52 bits per heavy atom. The summed E-state index contributed by atoms with van der Waals surface area (Å²) in [4.78, 5) is 2.57. The van der Waals surface area contributed by atoms with Gasteiger partial charge in [-0.05, 0) is 142 Å². The Kier molecular flexibility index (Phi) is 7.51. The van der Waals surface area contributed by atoms with E-state index in [9.17, 15) is 0 Å². The fraction of sp³-hybridized carbons (Fsp3) is 0.108. The molecule has 0 saturated heterocycles. The topological polar surface area (TPSA) is 3.24 Å². The second-order valence-electron chi connectivity index (χ2n) is 20.0. The molecule has 14 rings (SSSR count). The Hall–Kier alpha value is -7.74.